The van der Waals surface area contributed by atoms with Crippen molar-refractivity contribution in [1.29, 1.82) is 0 Å². The summed E-state index contributed by atoms with van der Waals surface area (Å²) >= 11 is 0. The van der Waals surface area contributed by atoms with Crippen molar-refractivity contribution in [3.8, 4) is 0 Å². The number of rotatable bonds is 5. The Morgan fingerprint density at radius 3 is 2.47 bits per heavy atom. The lowest BCUT2D eigenvalue weighted by molar-refractivity contribution is -0.133. The van der Waals surface area contributed by atoms with Gasteiger partial charge in [0.15, 0.2) is 0 Å². The Kier molecular flexibility index (Phi) is 5.14. The first-order valence-corrected chi connectivity index (χ1v) is 5.54. The number of carbonyl (C=O) groups is 2. The van der Waals surface area contributed by atoms with E-state index in [-0.39, 0.29) is 18.1 Å². The molecule has 1 amide bonds. The van der Waals surface area contributed by atoms with Crippen LogP contribution in [0.25, 0.3) is 6.08 Å². The van der Waals surface area contributed by atoms with Crippen molar-refractivity contribution >= 4 is 17.8 Å². The van der Waals surface area contributed by atoms with E-state index in [1.54, 1.807) is 11.9 Å². The second-order valence-corrected chi connectivity index (χ2v) is 3.97. The lowest BCUT2D eigenvalue weighted by atomic mass is 10.2. The molecular weight excluding hydrogens is 214 g/mol. The molecule has 0 N–H and O–H groups in total. The number of Topliss-reactive ketones (excluding diaryl/α,β-unsaturated/α-hetero) is 1. The number of likely N-dealkylation sites (N-methyl/N-ethyl adjacent to an activating group) is 1. The topological polar surface area (TPSA) is 37.4 Å². The summed E-state index contributed by atoms with van der Waals surface area (Å²) in [5.41, 5.74) is 1.10. The Balaban J connectivity index is 2.43. The fourth-order valence-corrected chi connectivity index (χ4v) is 1.36. The summed E-state index contributed by atoms with van der Waals surface area (Å²) in [6, 6.07) is 9.87. The van der Waals surface area contributed by atoms with Gasteiger partial charge < -0.3 is 4.90 Å². The number of amides is 1. The van der Waals surface area contributed by atoms with Crippen LogP contribution in [-0.2, 0) is 9.59 Å². The smallest absolute Gasteiger partial charge is 0.230 e. The van der Waals surface area contributed by atoms with Gasteiger partial charge in [0, 0.05) is 13.6 Å². The van der Waals surface area contributed by atoms with Crippen LogP contribution >= 0.6 is 0 Å². The summed E-state index contributed by atoms with van der Waals surface area (Å²) in [4.78, 5) is 23.8. The van der Waals surface area contributed by atoms with Crippen molar-refractivity contribution in [2.45, 2.75) is 13.3 Å². The highest BCUT2D eigenvalue weighted by Gasteiger charge is 2.08. The number of carbonyl (C=O) groups excluding carboxylic acids is 2. The van der Waals surface area contributed by atoms with E-state index in [9.17, 15) is 9.59 Å². The molecule has 0 fully saturated rings. The molecule has 0 unspecified atom stereocenters. The highest BCUT2D eigenvalue weighted by Crippen LogP contribution is 2.01. The number of benzene rings is 1. The van der Waals surface area contributed by atoms with Crippen LogP contribution in [0, 0.1) is 0 Å². The van der Waals surface area contributed by atoms with E-state index >= 15 is 0 Å². The molecule has 0 saturated heterocycles. The molecule has 0 radical (unpaired) electrons. The van der Waals surface area contributed by atoms with Crippen LogP contribution in [0.3, 0.4) is 0 Å². The molecule has 0 bridgehead atoms. The van der Waals surface area contributed by atoms with E-state index in [4.69, 9.17) is 0 Å². The quantitative estimate of drug-likeness (QED) is 0.728. The lowest BCUT2D eigenvalue weighted by Gasteiger charge is -2.13. The zero-order chi connectivity index (χ0) is 12.7. The second-order valence-electron chi connectivity index (χ2n) is 3.97. The van der Waals surface area contributed by atoms with Crippen LogP contribution in [0.2, 0.25) is 0 Å². The van der Waals surface area contributed by atoms with Crippen LogP contribution < -0.4 is 0 Å². The minimum atomic E-state index is -0.143. The minimum Gasteiger partial charge on any atom is -0.342 e. The van der Waals surface area contributed by atoms with Gasteiger partial charge in [-0.05, 0) is 12.5 Å². The fourth-order valence-electron chi connectivity index (χ4n) is 1.36. The Labute approximate surface area is 102 Å². The second kappa shape index (κ2) is 6.63. The Morgan fingerprint density at radius 1 is 1.24 bits per heavy atom. The predicted octanol–water partition coefficient (Wildman–Crippen LogP) is 2.14. The fraction of sp³-hybridized carbons (Fsp3) is 0.286. The highest BCUT2D eigenvalue weighted by atomic mass is 16.2. The zero-order valence-electron chi connectivity index (χ0n) is 10.2. The highest BCUT2D eigenvalue weighted by molar-refractivity contribution is 5.96. The third-order valence-electron chi connectivity index (χ3n) is 2.32. The van der Waals surface area contributed by atoms with Crippen molar-refractivity contribution in [3.05, 3.63) is 42.0 Å². The van der Waals surface area contributed by atoms with E-state index in [1.165, 1.54) is 6.92 Å². The number of hydrogen-bond acceptors (Lipinski definition) is 2. The Bertz CT molecular complexity index is 409. The molecule has 0 heterocycles. The van der Waals surface area contributed by atoms with Crippen LogP contribution in [-0.4, -0.2) is 30.2 Å². The van der Waals surface area contributed by atoms with Gasteiger partial charge in [-0.3, -0.25) is 9.59 Å². The Hall–Kier alpha value is -1.90. The van der Waals surface area contributed by atoms with E-state index < -0.39 is 0 Å². The van der Waals surface area contributed by atoms with Gasteiger partial charge in [0.25, 0.3) is 0 Å². The molecule has 0 aromatic heterocycles. The maximum atomic E-state index is 11.5. The van der Waals surface area contributed by atoms with E-state index in [1.807, 2.05) is 42.5 Å². The minimum absolute atomic E-state index is 0.0182. The summed E-state index contributed by atoms with van der Waals surface area (Å²) < 4.78 is 0. The van der Waals surface area contributed by atoms with Crippen LogP contribution in [0.5, 0.6) is 0 Å². The predicted molar refractivity (Wildman–Crippen MR) is 68.4 cm³/mol. The van der Waals surface area contributed by atoms with Crippen LogP contribution in [0.4, 0.5) is 0 Å². The van der Waals surface area contributed by atoms with Gasteiger partial charge in [0.1, 0.15) is 5.78 Å². The molecule has 3 heteroatoms. The van der Waals surface area contributed by atoms with Gasteiger partial charge in [0.2, 0.25) is 5.91 Å². The van der Waals surface area contributed by atoms with Crippen molar-refractivity contribution < 1.29 is 9.59 Å². The van der Waals surface area contributed by atoms with Gasteiger partial charge in [-0.2, -0.15) is 0 Å². The third kappa shape index (κ3) is 5.11. The molecule has 0 spiro atoms. The largest absolute Gasteiger partial charge is 0.342 e. The number of hydrogen-bond donors (Lipinski definition) is 0. The summed E-state index contributed by atoms with van der Waals surface area (Å²) in [7, 11) is 1.70. The van der Waals surface area contributed by atoms with Gasteiger partial charge in [0.05, 0.1) is 6.42 Å². The van der Waals surface area contributed by atoms with E-state index in [2.05, 4.69) is 0 Å². The molecule has 3 nitrogen and oxygen atoms in total. The molecule has 0 saturated carbocycles. The molecular formula is C14H17NO2. The summed E-state index contributed by atoms with van der Waals surface area (Å²) in [5, 5.41) is 0. The van der Waals surface area contributed by atoms with E-state index in [0.29, 0.717) is 6.54 Å². The first-order chi connectivity index (χ1) is 8.09. The van der Waals surface area contributed by atoms with Gasteiger partial charge in [-0.15, -0.1) is 0 Å². The summed E-state index contributed by atoms with van der Waals surface area (Å²) in [6.45, 7) is 1.94. The SMILES string of the molecule is CC(=O)CC(=O)N(C)CC=Cc1ccccc1. The maximum Gasteiger partial charge on any atom is 0.230 e. The third-order valence-corrected chi connectivity index (χ3v) is 2.32. The molecule has 1 rings (SSSR count). The average molecular weight is 231 g/mol. The lowest BCUT2D eigenvalue weighted by Crippen LogP contribution is -2.28. The number of ketones is 1. The normalized spacial score (nSPS) is 10.5. The van der Waals surface area contributed by atoms with Crippen LogP contribution in [0.15, 0.2) is 36.4 Å². The monoisotopic (exact) mass is 231 g/mol. The first kappa shape index (κ1) is 13.2. The molecule has 17 heavy (non-hydrogen) atoms. The summed E-state index contributed by atoms with van der Waals surface area (Å²) in [6.07, 6.45) is 3.85. The van der Waals surface area contributed by atoms with Crippen molar-refractivity contribution in [3.63, 3.8) is 0 Å². The molecule has 1 aromatic carbocycles. The van der Waals surface area contributed by atoms with Gasteiger partial charge >= 0.3 is 0 Å². The van der Waals surface area contributed by atoms with Crippen LogP contribution in [0.1, 0.15) is 18.9 Å². The van der Waals surface area contributed by atoms with Gasteiger partial charge in [-0.1, -0.05) is 42.5 Å². The zero-order valence-corrected chi connectivity index (χ0v) is 10.2. The molecule has 1 aromatic rings. The summed E-state index contributed by atoms with van der Waals surface area (Å²) in [5.74, 6) is -0.246. The molecule has 0 aliphatic carbocycles. The van der Waals surface area contributed by atoms with Crippen molar-refractivity contribution in [2.75, 3.05) is 13.6 Å². The average Bonchev–Trinajstić information content (AvgIpc) is 2.29. The molecule has 0 atom stereocenters. The van der Waals surface area contributed by atoms with Crippen molar-refractivity contribution in [2.24, 2.45) is 0 Å². The molecule has 90 valence electrons. The maximum absolute atomic E-state index is 11.5. The van der Waals surface area contributed by atoms with E-state index in [0.717, 1.165) is 5.56 Å². The number of nitrogens with zero attached hydrogens (tertiary/aromatic N) is 1. The van der Waals surface area contributed by atoms with Gasteiger partial charge in [-0.25, -0.2) is 0 Å². The molecule has 0 aliphatic rings. The Morgan fingerprint density at radius 2 is 1.88 bits per heavy atom. The van der Waals surface area contributed by atoms with Crippen molar-refractivity contribution in [1.82, 2.24) is 4.90 Å². The first-order valence-electron chi connectivity index (χ1n) is 5.54. The molecule has 0 aliphatic heterocycles. The standard InChI is InChI=1S/C14H17NO2/c1-12(16)11-14(17)15(2)10-6-9-13-7-4-3-5-8-13/h3-9H,10-11H2,1-2H3.